The van der Waals surface area contributed by atoms with Crippen molar-refractivity contribution in [3.63, 3.8) is 0 Å². The van der Waals surface area contributed by atoms with E-state index in [0.29, 0.717) is 17.9 Å². The molecule has 27 heavy (non-hydrogen) atoms. The Hall–Kier alpha value is -2.49. The Balaban J connectivity index is 1.65. The molecule has 0 bridgehead atoms. The highest BCUT2D eigenvalue weighted by molar-refractivity contribution is 5.81. The van der Waals surface area contributed by atoms with E-state index in [4.69, 9.17) is 9.47 Å². The van der Waals surface area contributed by atoms with Gasteiger partial charge in [-0.05, 0) is 67.9 Å². The predicted octanol–water partition coefficient (Wildman–Crippen LogP) is 4.61. The Morgan fingerprint density at radius 2 is 1.81 bits per heavy atom. The number of hydrogen-bond acceptors (Lipinski definition) is 3. The average Bonchev–Trinajstić information content (AvgIpc) is 2.71. The molecule has 4 heteroatoms. The van der Waals surface area contributed by atoms with Crippen LogP contribution in [0.3, 0.4) is 0 Å². The van der Waals surface area contributed by atoms with Crippen LogP contribution in [0.2, 0.25) is 0 Å². The summed E-state index contributed by atoms with van der Waals surface area (Å²) in [7, 11) is 1.61. The molecule has 1 N–H and O–H groups in total. The van der Waals surface area contributed by atoms with Crippen LogP contribution < -0.4 is 14.8 Å². The van der Waals surface area contributed by atoms with Gasteiger partial charge in [0.1, 0.15) is 11.5 Å². The molecule has 4 nitrogen and oxygen atoms in total. The smallest absolute Gasteiger partial charge is 0.261 e. The maximum Gasteiger partial charge on any atom is 0.261 e. The first-order chi connectivity index (χ1) is 13.1. The zero-order valence-corrected chi connectivity index (χ0v) is 16.5. The van der Waals surface area contributed by atoms with E-state index in [1.807, 2.05) is 32.0 Å². The summed E-state index contributed by atoms with van der Waals surface area (Å²) in [4.78, 5) is 12.7. The van der Waals surface area contributed by atoms with E-state index in [9.17, 15) is 4.79 Å². The molecular formula is C23H29NO3. The fourth-order valence-corrected chi connectivity index (χ4v) is 3.57. The number of carbonyl (C=O) groups excluding carboxylic acids is 1. The molecule has 0 unspecified atom stereocenters. The number of rotatable bonds is 7. The molecule has 1 amide bonds. The third-order valence-corrected chi connectivity index (χ3v) is 5.21. The van der Waals surface area contributed by atoms with Crippen molar-refractivity contribution in [2.75, 3.05) is 7.11 Å². The Morgan fingerprint density at radius 3 is 2.56 bits per heavy atom. The molecule has 0 radical (unpaired) electrons. The first kappa shape index (κ1) is 19.3. The molecule has 3 rings (SSSR count). The minimum absolute atomic E-state index is 0.0484. The minimum atomic E-state index is -0.530. The van der Waals surface area contributed by atoms with Gasteiger partial charge >= 0.3 is 0 Å². The summed E-state index contributed by atoms with van der Waals surface area (Å²) >= 11 is 0. The fraction of sp³-hybridized carbons (Fsp3) is 0.435. The van der Waals surface area contributed by atoms with Gasteiger partial charge in [0.15, 0.2) is 6.10 Å². The lowest BCUT2D eigenvalue weighted by Crippen LogP contribution is -2.39. The maximum atomic E-state index is 12.7. The normalized spacial score (nSPS) is 15.4. The fourth-order valence-electron chi connectivity index (χ4n) is 3.57. The first-order valence-corrected chi connectivity index (χ1v) is 9.83. The van der Waals surface area contributed by atoms with E-state index in [2.05, 4.69) is 23.5 Å². The van der Waals surface area contributed by atoms with Gasteiger partial charge in [0.25, 0.3) is 5.91 Å². The summed E-state index contributed by atoms with van der Waals surface area (Å²) in [5, 5.41) is 3.11. The molecule has 2 aromatic carbocycles. The van der Waals surface area contributed by atoms with Gasteiger partial charge in [-0.2, -0.15) is 0 Å². The van der Waals surface area contributed by atoms with Crippen LogP contribution in [-0.4, -0.2) is 19.1 Å². The molecule has 2 aromatic rings. The van der Waals surface area contributed by atoms with Crippen LogP contribution >= 0.6 is 0 Å². The number of methoxy groups -OCH3 is 1. The topological polar surface area (TPSA) is 47.6 Å². The van der Waals surface area contributed by atoms with Crippen molar-refractivity contribution in [2.24, 2.45) is 0 Å². The van der Waals surface area contributed by atoms with Gasteiger partial charge in [-0.3, -0.25) is 4.79 Å². The predicted molar refractivity (Wildman–Crippen MR) is 107 cm³/mol. The van der Waals surface area contributed by atoms with Gasteiger partial charge in [0.05, 0.1) is 13.2 Å². The van der Waals surface area contributed by atoms with Crippen LogP contribution in [0.25, 0.3) is 0 Å². The molecule has 1 aliphatic rings. The Kier molecular flexibility index (Phi) is 6.38. The zero-order chi connectivity index (χ0) is 19.2. The molecule has 0 aromatic heterocycles. The van der Waals surface area contributed by atoms with Gasteiger partial charge in [-0.15, -0.1) is 0 Å². The number of aryl methyl sites for hydroxylation is 2. The summed E-state index contributed by atoms with van der Waals surface area (Å²) < 4.78 is 11.1. The number of hydrogen-bond donors (Lipinski definition) is 1. The van der Waals surface area contributed by atoms with Crippen molar-refractivity contribution >= 4 is 5.91 Å². The van der Waals surface area contributed by atoms with Crippen LogP contribution in [-0.2, 0) is 17.6 Å². The van der Waals surface area contributed by atoms with Gasteiger partial charge in [0.2, 0.25) is 0 Å². The summed E-state index contributed by atoms with van der Waals surface area (Å²) in [5.74, 6) is 1.26. The maximum absolute atomic E-state index is 12.7. The summed E-state index contributed by atoms with van der Waals surface area (Å²) in [5.41, 5.74) is 4.04. The number of amides is 1. The molecular weight excluding hydrogens is 338 g/mol. The highest BCUT2D eigenvalue weighted by Gasteiger charge is 2.21. The quantitative estimate of drug-likeness (QED) is 0.777. The van der Waals surface area contributed by atoms with Crippen LogP contribution in [0.1, 0.15) is 55.8 Å². The molecule has 144 valence electrons. The number of carbonyl (C=O) groups is 1. The zero-order valence-electron chi connectivity index (χ0n) is 16.5. The first-order valence-electron chi connectivity index (χ1n) is 9.83. The second-order valence-electron chi connectivity index (χ2n) is 7.16. The standard InChI is InChI=1S/C23H29NO3/c1-4-22(27-21-11-7-10-20(15-21)26-3)23(25)24-16(2)18-13-12-17-8-5-6-9-19(17)14-18/h7,10-16,22H,4-6,8-9H2,1-3H3,(H,24,25)/t16-,22+/m0/s1. The summed E-state index contributed by atoms with van der Waals surface area (Å²) in [6.07, 6.45) is 4.91. The van der Waals surface area contributed by atoms with Crippen LogP contribution in [0.15, 0.2) is 42.5 Å². The van der Waals surface area contributed by atoms with Gasteiger partial charge in [-0.1, -0.05) is 31.2 Å². The molecule has 0 spiro atoms. The minimum Gasteiger partial charge on any atom is -0.497 e. The van der Waals surface area contributed by atoms with Gasteiger partial charge < -0.3 is 14.8 Å². The number of benzene rings is 2. The molecule has 2 atom stereocenters. The lowest BCUT2D eigenvalue weighted by Gasteiger charge is -2.23. The van der Waals surface area contributed by atoms with Crippen molar-refractivity contribution in [3.8, 4) is 11.5 Å². The van der Waals surface area contributed by atoms with Crippen molar-refractivity contribution in [2.45, 2.75) is 58.1 Å². The third kappa shape index (κ3) is 4.82. The third-order valence-electron chi connectivity index (χ3n) is 5.21. The Morgan fingerprint density at radius 1 is 1.07 bits per heavy atom. The van der Waals surface area contributed by atoms with E-state index >= 15 is 0 Å². The SMILES string of the molecule is CC[C@@H](Oc1cccc(OC)c1)C(=O)N[C@@H](C)c1ccc2c(c1)CCCC2. The molecule has 0 heterocycles. The second-order valence-corrected chi connectivity index (χ2v) is 7.16. The van der Waals surface area contributed by atoms with Crippen molar-refractivity contribution < 1.29 is 14.3 Å². The van der Waals surface area contributed by atoms with E-state index in [1.165, 1.54) is 30.4 Å². The van der Waals surface area contributed by atoms with E-state index in [-0.39, 0.29) is 11.9 Å². The molecule has 0 saturated carbocycles. The second kappa shape index (κ2) is 8.94. The van der Waals surface area contributed by atoms with Crippen molar-refractivity contribution in [3.05, 3.63) is 59.2 Å². The number of fused-ring (bicyclic) bond motifs is 1. The van der Waals surface area contributed by atoms with E-state index < -0.39 is 6.10 Å². The lowest BCUT2D eigenvalue weighted by molar-refractivity contribution is -0.128. The van der Waals surface area contributed by atoms with Crippen LogP contribution in [0.4, 0.5) is 0 Å². The number of ether oxygens (including phenoxy) is 2. The van der Waals surface area contributed by atoms with Crippen molar-refractivity contribution in [1.82, 2.24) is 5.32 Å². The highest BCUT2D eigenvalue weighted by Crippen LogP contribution is 2.25. The summed E-state index contributed by atoms with van der Waals surface area (Å²) in [6, 6.07) is 13.9. The molecule has 0 aliphatic heterocycles. The summed E-state index contributed by atoms with van der Waals surface area (Å²) in [6.45, 7) is 3.98. The lowest BCUT2D eigenvalue weighted by atomic mass is 9.89. The van der Waals surface area contributed by atoms with Gasteiger partial charge in [0, 0.05) is 6.07 Å². The largest absolute Gasteiger partial charge is 0.497 e. The molecule has 0 fully saturated rings. The monoisotopic (exact) mass is 367 g/mol. The average molecular weight is 367 g/mol. The van der Waals surface area contributed by atoms with E-state index in [0.717, 1.165) is 12.0 Å². The van der Waals surface area contributed by atoms with E-state index in [1.54, 1.807) is 13.2 Å². The Bertz CT molecular complexity index is 787. The highest BCUT2D eigenvalue weighted by atomic mass is 16.5. The molecule has 1 aliphatic carbocycles. The number of nitrogens with one attached hydrogen (secondary N) is 1. The van der Waals surface area contributed by atoms with Crippen LogP contribution in [0.5, 0.6) is 11.5 Å². The Labute approximate surface area is 161 Å². The van der Waals surface area contributed by atoms with Crippen molar-refractivity contribution in [1.29, 1.82) is 0 Å². The molecule has 0 saturated heterocycles. The van der Waals surface area contributed by atoms with Gasteiger partial charge in [-0.25, -0.2) is 0 Å². The van der Waals surface area contributed by atoms with Crippen LogP contribution in [0, 0.1) is 0 Å².